The molecular formula is C23H22ClF2N5O2. The van der Waals surface area contributed by atoms with Gasteiger partial charge < -0.3 is 21.1 Å². The number of nitrogen functional groups attached to an aromatic ring is 1. The molecule has 1 amide bonds. The van der Waals surface area contributed by atoms with Gasteiger partial charge in [-0.2, -0.15) is 0 Å². The number of carbonyl (C=O) groups excluding carboxylic acids is 1. The number of likely N-dealkylation sites (tertiary alicyclic amines) is 1. The molecule has 33 heavy (non-hydrogen) atoms. The average Bonchev–Trinajstić information content (AvgIpc) is 3.24. The van der Waals surface area contributed by atoms with Crippen LogP contribution in [0.3, 0.4) is 0 Å². The Balaban J connectivity index is 1.61. The predicted octanol–water partition coefficient (Wildman–Crippen LogP) is 3.97. The number of benzene rings is 2. The second-order valence-electron chi connectivity index (χ2n) is 7.84. The molecule has 1 aliphatic rings. The fourth-order valence-corrected chi connectivity index (χ4v) is 4.02. The maximum absolute atomic E-state index is 14.3. The predicted molar refractivity (Wildman–Crippen MR) is 121 cm³/mol. The van der Waals surface area contributed by atoms with Gasteiger partial charge in [-0.15, -0.1) is 0 Å². The van der Waals surface area contributed by atoms with Crippen molar-refractivity contribution in [3.63, 3.8) is 0 Å². The normalized spacial score (nSPS) is 16.6. The van der Waals surface area contributed by atoms with Gasteiger partial charge in [-0.3, -0.25) is 4.79 Å². The van der Waals surface area contributed by atoms with Crippen molar-refractivity contribution < 1.29 is 18.3 Å². The van der Waals surface area contributed by atoms with Gasteiger partial charge in [-0.25, -0.2) is 18.7 Å². The van der Waals surface area contributed by atoms with E-state index in [4.69, 9.17) is 27.8 Å². The van der Waals surface area contributed by atoms with Gasteiger partial charge in [-0.05, 0) is 37.6 Å². The minimum Gasteiger partial charge on any atom is -0.467 e. The number of hydrogen-bond donors (Lipinski definition) is 2. The molecule has 172 valence electrons. The molecule has 3 aromatic rings. The van der Waals surface area contributed by atoms with E-state index >= 15 is 0 Å². The van der Waals surface area contributed by atoms with E-state index in [1.807, 2.05) is 0 Å². The zero-order valence-electron chi connectivity index (χ0n) is 17.8. The molecule has 2 atom stereocenters. The van der Waals surface area contributed by atoms with Crippen LogP contribution in [0.25, 0.3) is 11.3 Å². The number of nitrogens with zero attached hydrogens (tertiary/aromatic N) is 3. The smallest absolute Gasteiger partial charge is 0.258 e. The summed E-state index contributed by atoms with van der Waals surface area (Å²) in [4.78, 5) is 23.0. The zero-order valence-corrected chi connectivity index (χ0v) is 18.5. The summed E-state index contributed by atoms with van der Waals surface area (Å²) in [5, 5.41) is -0.377. The summed E-state index contributed by atoms with van der Waals surface area (Å²) >= 11 is 5.93. The van der Waals surface area contributed by atoms with E-state index in [-0.39, 0.29) is 34.2 Å². The minimum absolute atomic E-state index is 0.0155. The first-order valence-corrected chi connectivity index (χ1v) is 10.7. The largest absolute Gasteiger partial charge is 0.467 e. The van der Waals surface area contributed by atoms with Gasteiger partial charge in [0.15, 0.2) is 5.82 Å². The highest BCUT2D eigenvalue weighted by molar-refractivity contribution is 6.31. The molecule has 0 aliphatic carbocycles. The number of anilines is 1. The van der Waals surface area contributed by atoms with Gasteiger partial charge in [0.1, 0.15) is 17.7 Å². The summed E-state index contributed by atoms with van der Waals surface area (Å²) in [6, 6.07) is 8.81. The highest BCUT2D eigenvalue weighted by Crippen LogP contribution is 2.33. The monoisotopic (exact) mass is 473 g/mol. The van der Waals surface area contributed by atoms with Crippen molar-refractivity contribution in [2.45, 2.75) is 25.5 Å². The molecule has 2 aromatic carbocycles. The van der Waals surface area contributed by atoms with Crippen LogP contribution in [0.5, 0.6) is 5.88 Å². The van der Waals surface area contributed by atoms with Crippen molar-refractivity contribution in [1.82, 2.24) is 14.9 Å². The number of rotatable bonds is 5. The number of hydrogen-bond acceptors (Lipinski definition) is 6. The quantitative estimate of drug-likeness (QED) is 0.543. The third kappa shape index (κ3) is 4.74. The van der Waals surface area contributed by atoms with E-state index in [2.05, 4.69) is 9.97 Å². The zero-order chi connectivity index (χ0) is 23.7. The van der Waals surface area contributed by atoms with E-state index in [1.165, 1.54) is 13.1 Å². The number of ether oxygens (including phenoxy) is 1. The summed E-state index contributed by atoms with van der Waals surface area (Å²) in [6.07, 6.45) is 1.22. The number of halogens is 3. The number of nitrogens with two attached hydrogens (primary N) is 2. The Kier molecular flexibility index (Phi) is 6.44. The maximum Gasteiger partial charge on any atom is 0.258 e. The lowest BCUT2D eigenvalue weighted by atomic mass is 10.1. The average molecular weight is 474 g/mol. The standard InChI is InChI=1S/C23H22ClF2N5O2/c1-12(19-16(25)5-6-17(26)20(19)24)33-22-21(28)29-10-18(30-22)13-3-2-4-14(9-13)23(32)31-8-7-15(27)11-31/h2-6,9-10,12,15H,7-8,11,27H2,1H3,(H2,28,29). The highest BCUT2D eigenvalue weighted by Gasteiger charge is 2.25. The summed E-state index contributed by atoms with van der Waals surface area (Å²) in [5.74, 6) is -1.70. The molecule has 10 heteroatoms. The Hall–Kier alpha value is -3.30. The van der Waals surface area contributed by atoms with Gasteiger partial charge in [-0.1, -0.05) is 23.7 Å². The van der Waals surface area contributed by atoms with Crippen LogP contribution in [0.15, 0.2) is 42.6 Å². The Morgan fingerprint density at radius 2 is 2.03 bits per heavy atom. The van der Waals surface area contributed by atoms with Gasteiger partial charge in [0.25, 0.3) is 11.8 Å². The first kappa shape index (κ1) is 22.9. The molecule has 7 nitrogen and oxygen atoms in total. The third-order valence-electron chi connectivity index (χ3n) is 5.46. The van der Waals surface area contributed by atoms with Crippen molar-refractivity contribution in [2.24, 2.45) is 5.73 Å². The van der Waals surface area contributed by atoms with Crippen molar-refractivity contribution in [2.75, 3.05) is 18.8 Å². The summed E-state index contributed by atoms with van der Waals surface area (Å²) in [6.45, 7) is 2.62. The first-order valence-electron chi connectivity index (χ1n) is 10.3. The second-order valence-corrected chi connectivity index (χ2v) is 8.22. The van der Waals surface area contributed by atoms with Crippen LogP contribution in [-0.2, 0) is 0 Å². The SMILES string of the molecule is CC(Oc1nc(-c2cccc(C(=O)N3CCC(N)C3)c2)cnc1N)c1c(F)ccc(F)c1Cl. The topological polar surface area (TPSA) is 107 Å². The highest BCUT2D eigenvalue weighted by atomic mass is 35.5. The molecule has 4 rings (SSSR count). The second kappa shape index (κ2) is 9.29. The van der Waals surface area contributed by atoms with Crippen LogP contribution in [0.2, 0.25) is 5.02 Å². The molecule has 2 heterocycles. The minimum atomic E-state index is -0.993. The Bertz CT molecular complexity index is 1210. The van der Waals surface area contributed by atoms with Gasteiger partial charge >= 0.3 is 0 Å². The molecule has 0 radical (unpaired) electrons. The molecular weight excluding hydrogens is 452 g/mol. The fourth-order valence-electron chi connectivity index (χ4n) is 3.71. The Labute approximate surface area is 194 Å². The van der Waals surface area contributed by atoms with Gasteiger partial charge in [0, 0.05) is 35.8 Å². The summed E-state index contributed by atoms with van der Waals surface area (Å²) in [7, 11) is 0. The van der Waals surface area contributed by atoms with Crippen LogP contribution in [0, 0.1) is 11.6 Å². The van der Waals surface area contributed by atoms with Crippen molar-refractivity contribution in [3.05, 3.63) is 70.4 Å². The van der Waals surface area contributed by atoms with Gasteiger partial charge in [0.05, 0.1) is 16.9 Å². The third-order valence-corrected chi connectivity index (χ3v) is 5.84. The molecule has 0 saturated carbocycles. The lowest BCUT2D eigenvalue weighted by Crippen LogP contribution is -2.31. The molecule has 1 aliphatic heterocycles. The number of aromatic nitrogens is 2. The van der Waals surface area contributed by atoms with E-state index in [9.17, 15) is 13.6 Å². The van der Waals surface area contributed by atoms with Crippen molar-refractivity contribution in [3.8, 4) is 17.1 Å². The van der Waals surface area contributed by atoms with Crippen LogP contribution in [0.4, 0.5) is 14.6 Å². The molecule has 1 aromatic heterocycles. The molecule has 0 spiro atoms. The lowest BCUT2D eigenvalue weighted by Gasteiger charge is -2.18. The molecule has 4 N–H and O–H groups in total. The van der Waals surface area contributed by atoms with Gasteiger partial charge in [0.2, 0.25) is 0 Å². The van der Waals surface area contributed by atoms with Crippen molar-refractivity contribution >= 4 is 23.3 Å². The molecule has 0 bridgehead atoms. The van der Waals surface area contributed by atoms with Crippen LogP contribution < -0.4 is 16.2 Å². The summed E-state index contributed by atoms with van der Waals surface area (Å²) in [5.41, 5.74) is 13.2. The van der Waals surface area contributed by atoms with Crippen molar-refractivity contribution in [1.29, 1.82) is 0 Å². The van der Waals surface area contributed by atoms with Crippen LogP contribution >= 0.6 is 11.6 Å². The maximum atomic E-state index is 14.3. The fraction of sp³-hybridized carbons (Fsp3) is 0.261. The molecule has 1 fully saturated rings. The van der Waals surface area contributed by atoms with E-state index in [1.54, 1.807) is 29.2 Å². The first-order chi connectivity index (χ1) is 15.7. The van der Waals surface area contributed by atoms with E-state index in [0.717, 1.165) is 18.6 Å². The van der Waals surface area contributed by atoms with Crippen LogP contribution in [0.1, 0.15) is 35.4 Å². The lowest BCUT2D eigenvalue weighted by molar-refractivity contribution is 0.0791. The number of amides is 1. The van der Waals surface area contributed by atoms with Crippen LogP contribution in [-0.4, -0.2) is 39.9 Å². The molecule has 2 unspecified atom stereocenters. The Morgan fingerprint density at radius 1 is 1.27 bits per heavy atom. The Morgan fingerprint density at radius 3 is 2.76 bits per heavy atom. The number of carbonyl (C=O) groups is 1. The van der Waals surface area contributed by atoms with E-state index < -0.39 is 17.7 Å². The van der Waals surface area contributed by atoms with E-state index in [0.29, 0.717) is 29.9 Å². The molecule has 1 saturated heterocycles. The summed E-state index contributed by atoms with van der Waals surface area (Å²) < 4.78 is 33.8.